The Balaban J connectivity index is 1.12. The average molecular weight is 580 g/mol. The maximum atomic E-state index is 13.3. The highest BCUT2D eigenvalue weighted by atomic mass is 32.2. The second-order valence-electron chi connectivity index (χ2n) is 9.86. The van der Waals surface area contributed by atoms with Crippen molar-refractivity contribution in [2.45, 2.75) is 4.90 Å². The lowest BCUT2D eigenvalue weighted by atomic mass is 10.0. The van der Waals surface area contributed by atoms with Gasteiger partial charge >= 0.3 is 0 Å². The number of piperazine rings is 1. The first-order valence-corrected chi connectivity index (χ1v) is 15.0. The molecule has 0 bridgehead atoms. The van der Waals surface area contributed by atoms with Crippen molar-refractivity contribution in [3.8, 4) is 28.3 Å². The predicted molar refractivity (Wildman–Crippen MR) is 161 cm³/mol. The van der Waals surface area contributed by atoms with E-state index in [4.69, 9.17) is 4.74 Å². The van der Waals surface area contributed by atoms with Gasteiger partial charge in [0.25, 0.3) is 15.9 Å². The topological polar surface area (TPSA) is 97.6 Å². The van der Waals surface area contributed by atoms with E-state index in [1.807, 2.05) is 78.9 Å². The van der Waals surface area contributed by atoms with Crippen LogP contribution >= 0.6 is 0 Å². The first kappa shape index (κ1) is 27.2. The van der Waals surface area contributed by atoms with Gasteiger partial charge in [0.05, 0.1) is 17.7 Å². The Morgan fingerprint density at radius 1 is 0.738 bits per heavy atom. The van der Waals surface area contributed by atoms with E-state index in [2.05, 4.69) is 15.0 Å². The number of rotatable bonds is 7. The van der Waals surface area contributed by atoms with Gasteiger partial charge < -0.3 is 14.5 Å². The van der Waals surface area contributed by atoms with E-state index in [9.17, 15) is 13.2 Å². The van der Waals surface area contributed by atoms with Crippen molar-refractivity contribution in [3.63, 3.8) is 0 Å². The molecule has 2 heterocycles. The van der Waals surface area contributed by atoms with Gasteiger partial charge in [0.2, 0.25) is 0 Å². The minimum Gasteiger partial charge on any atom is -0.495 e. The van der Waals surface area contributed by atoms with Gasteiger partial charge in [0, 0.05) is 37.3 Å². The molecule has 6 rings (SSSR count). The van der Waals surface area contributed by atoms with E-state index < -0.39 is 10.0 Å². The van der Waals surface area contributed by atoms with Crippen molar-refractivity contribution in [2.75, 3.05) is 38.2 Å². The fourth-order valence-electron chi connectivity index (χ4n) is 5.04. The van der Waals surface area contributed by atoms with Crippen molar-refractivity contribution in [3.05, 3.63) is 115 Å². The monoisotopic (exact) mass is 579 g/mol. The fourth-order valence-corrected chi connectivity index (χ4v) is 6.09. The van der Waals surface area contributed by atoms with Crippen LogP contribution in [0.25, 0.3) is 22.5 Å². The van der Waals surface area contributed by atoms with Crippen molar-refractivity contribution >= 4 is 21.6 Å². The molecule has 0 N–H and O–H groups in total. The molecule has 1 saturated heterocycles. The number of hydrogen-bond acceptors (Lipinski definition) is 7. The van der Waals surface area contributed by atoms with Crippen molar-refractivity contribution in [2.24, 2.45) is 0 Å². The molecule has 0 saturated carbocycles. The molecule has 5 aromatic rings. The Morgan fingerprint density at radius 3 is 2.05 bits per heavy atom. The number of benzene rings is 4. The summed E-state index contributed by atoms with van der Waals surface area (Å²) in [5.41, 5.74) is 4.26. The minimum atomic E-state index is -3.99. The smallest absolute Gasteiger partial charge is 0.284 e. The van der Waals surface area contributed by atoms with Gasteiger partial charge in [-0.3, -0.25) is 4.79 Å². The molecule has 0 radical (unpaired) electrons. The number of para-hydroxylation sites is 2. The minimum absolute atomic E-state index is 0.0240. The maximum absolute atomic E-state index is 13.3. The summed E-state index contributed by atoms with van der Waals surface area (Å²) in [5.74, 6) is 0.965. The van der Waals surface area contributed by atoms with E-state index >= 15 is 0 Å². The highest BCUT2D eigenvalue weighted by Gasteiger charge is 2.25. The van der Waals surface area contributed by atoms with E-state index in [0.717, 1.165) is 26.7 Å². The number of methoxy groups -OCH3 is 1. The molecule has 9 nitrogen and oxygen atoms in total. The van der Waals surface area contributed by atoms with Crippen LogP contribution in [0.15, 0.2) is 114 Å². The zero-order valence-corrected chi connectivity index (χ0v) is 23.8. The first-order valence-electron chi connectivity index (χ1n) is 13.5. The van der Waals surface area contributed by atoms with Crippen LogP contribution in [-0.2, 0) is 10.0 Å². The molecule has 42 heavy (non-hydrogen) atoms. The van der Waals surface area contributed by atoms with Crippen LogP contribution < -0.4 is 9.64 Å². The summed E-state index contributed by atoms with van der Waals surface area (Å²) >= 11 is 0. The molecule has 10 heteroatoms. The van der Waals surface area contributed by atoms with Crippen molar-refractivity contribution in [1.82, 2.24) is 19.1 Å². The van der Waals surface area contributed by atoms with Gasteiger partial charge in [-0.1, -0.05) is 66.7 Å². The number of carbonyl (C=O) groups is 1. The Hall–Kier alpha value is -4.96. The van der Waals surface area contributed by atoms with Gasteiger partial charge in [-0.25, -0.2) is 4.98 Å². The normalized spacial score (nSPS) is 13.6. The third-order valence-corrected chi connectivity index (χ3v) is 8.90. The fraction of sp³-hybridized carbons (Fsp3) is 0.156. The number of ether oxygens (including phenoxy) is 1. The quantitative estimate of drug-likeness (QED) is 0.273. The van der Waals surface area contributed by atoms with E-state index in [1.54, 1.807) is 24.1 Å². The van der Waals surface area contributed by atoms with Crippen LogP contribution in [0, 0.1) is 0 Å². The van der Waals surface area contributed by atoms with Crippen molar-refractivity contribution < 1.29 is 17.9 Å². The highest BCUT2D eigenvalue weighted by molar-refractivity contribution is 7.89. The van der Waals surface area contributed by atoms with E-state index in [-0.39, 0.29) is 10.8 Å². The number of carbonyl (C=O) groups excluding carboxylic acids is 1. The van der Waals surface area contributed by atoms with Crippen molar-refractivity contribution in [1.29, 1.82) is 0 Å². The number of hydrogen-bond donors (Lipinski definition) is 0. The Morgan fingerprint density at radius 2 is 1.36 bits per heavy atom. The summed E-state index contributed by atoms with van der Waals surface area (Å²) < 4.78 is 32.9. The Kier molecular flexibility index (Phi) is 7.45. The van der Waals surface area contributed by atoms with Crippen LogP contribution in [0.5, 0.6) is 5.75 Å². The standard InChI is InChI=1S/C32H29N5O4S/c1-41-30-10-6-5-9-29(30)35-19-21-36(22-20-35)32(38)27-15-17-28(18-16-27)42(39,40)37-23-33-31(34-37)26-13-11-25(12-14-26)24-7-3-2-4-8-24/h2-18,23H,19-22H2,1H3. The highest BCUT2D eigenvalue weighted by Crippen LogP contribution is 2.29. The Labute approximate surface area is 244 Å². The van der Waals surface area contributed by atoms with Crippen LogP contribution in [0.3, 0.4) is 0 Å². The van der Waals surface area contributed by atoms with Gasteiger partial charge in [-0.2, -0.15) is 8.42 Å². The lowest BCUT2D eigenvalue weighted by molar-refractivity contribution is 0.0746. The van der Waals surface area contributed by atoms with Gasteiger partial charge in [0.15, 0.2) is 5.82 Å². The van der Waals surface area contributed by atoms with Gasteiger partial charge in [0.1, 0.15) is 12.1 Å². The molecule has 0 spiro atoms. The summed E-state index contributed by atoms with van der Waals surface area (Å²) in [6.07, 6.45) is 1.19. The number of anilines is 1. The molecule has 0 unspecified atom stereocenters. The molecule has 1 aliphatic rings. The SMILES string of the molecule is COc1ccccc1N1CCN(C(=O)c2ccc(S(=O)(=O)n3cnc(-c4ccc(-c5ccccc5)cc4)n3)cc2)CC1. The molecule has 0 atom stereocenters. The lowest BCUT2D eigenvalue weighted by Gasteiger charge is -2.36. The van der Waals surface area contributed by atoms with Gasteiger partial charge in [-0.15, -0.1) is 9.19 Å². The second kappa shape index (κ2) is 11.5. The van der Waals surface area contributed by atoms with Crippen LogP contribution in [0.4, 0.5) is 5.69 Å². The zero-order valence-electron chi connectivity index (χ0n) is 23.0. The number of aromatic nitrogens is 3. The predicted octanol–water partition coefficient (Wildman–Crippen LogP) is 4.82. The molecule has 1 fully saturated rings. The number of amides is 1. The largest absolute Gasteiger partial charge is 0.495 e. The summed E-state index contributed by atoms with van der Waals surface area (Å²) in [4.78, 5) is 21.4. The lowest BCUT2D eigenvalue weighted by Crippen LogP contribution is -2.48. The van der Waals surface area contributed by atoms with Crippen LogP contribution in [-0.4, -0.2) is 66.7 Å². The molecule has 0 aliphatic carbocycles. The zero-order chi connectivity index (χ0) is 29.1. The summed E-state index contributed by atoms with van der Waals surface area (Å²) in [6.45, 7) is 2.43. The van der Waals surface area contributed by atoms with E-state index in [1.165, 1.54) is 18.5 Å². The third kappa shape index (κ3) is 5.36. The molecule has 1 aromatic heterocycles. The van der Waals surface area contributed by atoms with Crippen LogP contribution in [0.2, 0.25) is 0 Å². The number of nitrogens with zero attached hydrogens (tertiary/aromatic N) is 5. The summed E-state index contributed by atoms with van der Waals surface area (Å²) in [7, 11) is -2.34. The molecule has 212 valence electrons. The molecule has 4 aromatic carbocycles. The first-order chi connectivity index (χ1) is 20.4. The van der Waals surface area contributed by atoms with Gasteiger partial charge in [-0.05, 0) is 47.5 Å². The Bertz CT molecular complexity index is 1800. The third-order valence-electron chi connectivity index (χ3n) is 7.36. The molecule has 1 aliphatic heterocycles. The second-order valence-corrected chi connectivity index (χ2v) is 11.7. The summed E-state index contributed by atoms with van der Waals surface area (Å²) in [5, 5.41) is 4.24. The maximum Gasteiger partial charge on any atom is 0.284 e. The molecular formula is C32H29N5O4S. The van der Waals surface area contributed by atoms with Crippen LogP contribution in [0.1, 0.15) is 10.4 Å². The van der Waals surface area contributed by atoms with E-state index in [0.29, 0.717) is 43.1 Å². The molecular weight excluding hydrogens is 550 g/mol. The average Bonchev–Trinajstić information content (AvgIpc) is 3.57. The molecule has 1 amide bonds. The summed E-state index contributed by atoms with van der Waals surface area (Å²) in [6, 6.07) is 31.4.